The van der Waals surface area contributed by atoms with E-state index in [0.29, 0.717) is 25.3 Å². The van der Waals surface area contributed by atoms with Crippen LogP contribution in [0.4, 0.5) is 15.3 Å². The number of aryl methyl sites for hydroxylation is 1. The Balaban J connectivity index is 1.43. The number of piperidine rings is 1. The molecule has 0 bridgehead atoms. The second-order valence-electron chi connectivity index (χ2n) is 10.3. The number of rotatable bonds is 6. The monoisotopic (exact) mass is 541 g/mol. The summed E-state index contributed by atoms with van der Waals surface area (Å²) in [4.78, 5) is 61.2. The Morgan fingerprint density at radius 1 is 0.975 bits per heavy atom. The summed E-state index contributed by atoms with van der Waals surface area (Å²) in [6.45, 7) is 4.79. The molecule has 0 aliphatic carbocycles. The van der Waals surface area contributed by atoms with E-state index in [1.807, 2.05) is 61.5 Å². The number of carbonyl (C=O) groups is 4. The fraction of sp³-hybridized carbons (Fsp3) is 0.300. The Bertz CT molecular complexity index is 1430. The van der Waals surface area contributed by atoms with Crippen LogP contribution in [0.5, 0.6) is 0 Å². The number of nitrogens with one attached hydrogen (secondary N) is 1. The number of amides is 5. The third kappa shape index (κ3) is 4.93. The number of carbonyl (C=O) groups excluding carboxylic acids is 3. The Morgan fingerprint density at radius 3 is 2.25 bits per heavy atom. The highest BCUT2D eigenvalue weighted by atomic mass is 16.4. The first-order valence-corrected chi connectivity index (χ1v) is 13.2. The van der Waals surface area contributed by atoms with E-state index in [4.69, 9.17) is 0 Å². The van der Waals surface area contributed by atoms with Crippen molar-refractivity contribution in [2.75, 3.05) is 18.0 Å². The van der Waals surface area contributed by atoms with Crippen molar-refractivity contribution in [3.8, 4) is 11.1 Å². The summed E-state index contributed by atoms with van der Waals surface area (Å²) in [6, 6.07) is 17.7. The molecular weight excluding hydrogens is 510 g/mol. The van der Waals surface area contributed by atoms with Gasteiger partial charge in [0, 0.05) is 25.8 Å². The number of aromatic nitrogens is 1. The number of nitrogens with zero attached hydrogens (tertiary/aromatic N) is 4. The quantitative estimate of drug-likeness (QED) is 0.452. The zero-order valence-electron chi connectivity index (χ0n) is 22.4. The number of benzene rings is 2. The lowest BCUT2D eigenvalue weighted by atomic mass is 9.85. The summed E-state index contributed by atoms with van der Waals surface area (Å²) < 4.78 is 0. The van der Waals surface area contributed by atoms with Crippen molar-refractivity contribution in [1.82, 2.24) is 20.1 Å². The van der Waals surface area contributed by atoms with Gasteiger partial charge in [0.2, 0.25) is 0 Å². The number of urea groups is 2. The molecule has 2 aliphatic rings. The van der Waals surface area contributed by atoms with Crippen LogP contribution in [-0.2, 0) is 16.1 Å². The molecule has 2 aromatic carbocycles. The number of hydrogen-bond acceptors (Lipinski definition) is 6. The fourth-order valence-corrected chi connectivity index (χ4v) is 5.34. The van der Waals surface area contributed by atoms with Gasteiger partial charge in [-0.1, -0.05) is 48.5 Å². The van der Waals surface area contributed by atoms with Gasteiger partial charge in [-0.3, -0.25) is 19.5 Å². The van der Waals surface area contributed by atoms with Gasteiger partial charge in [-0.05, 0) is 61.6 Å². The number of likely N-dealkylation sites (tertiary alicyclic amines) is 1. The first-order chi connectivity index (χ1) is 19.2. The maximum atomic E-state index is 14.0. The van der Waals surface area contributed by atoms with Crippen molar-refractivity contribution in [3.63, 3.8) is 0 Å². The van der Waals surface area contributed by atoms with Gasteiger partial charge in [0.25, 0.3) is 5.91 Å². The molecule has 5 rings (SSSR count). The minimum Gasteiger partial charge on any atom is -0.480 e. The highest BCUT2D eigenvalue weighted by molar-refractivity contribution is 6.27. The number of carboxylic acid groups (broad SMARTS) is 1. The predicted octanol–water partition coefficient (Wildman–Crippen LogP) is 4.04. The molecule has 206 valence electrons. The molecule has 5 amide bonds. The molecule has 0 unspecified atom stereocenters. The van der Waals surface area contributed by atoms with Crippen LogP contribution < -0.4 is 10.2 Å². The topological polar surface area (TPSA) is 123 Å². The average Bonchev–Trinajstić information content (AvgIpc) is 3.17. The maximum absolute atomic E-state index is 14.0. The van der Waals surface area contributed by atoms with Gasteiger partial charge >= 0.3 is 18.0 Å². The zero-order chi connectivity index (χ0) is 28.4. The fourth-order valence-electron chi connectivity index (χ4n) is 5.34. The molecule has 2 saturated heterocycles. The molecule has 1 aromatic heterocycles. The van der Waals surface area contributed by atoms with Crippen LogP contribution in [0.1, 0.15) is 31.0 Å². The first kappa shape index (κ1) is 27.0. The van der Waals surface area contributed by atoms with E-state index in [0.717, 1.165) is 32.2 Å². The molecule has 0 radical (unpaired) electrons. The summed E-state index contributed by atoms with van der Waals surface area (Å²) >= 11 is 0. The van der Waals surface area contributed by atoms with Crippen LogP contribution in [-0.4, -0.2) is 68.5 Å². The van der Waals surface area contributed by atoms with Crippen molar-refractivity contribution in [1.29, 1.82) is 0 Å². The SMILES string of the molecule is Cc1cccnc1CN1CCC2(CC1)C(=O)N(c1ccc(-c3ccccc3)cc1)C(=O)N2C(=O)N[C@@H](C)C(=O)O. The van der Waals surface area contributed by atoms with E-state index in [2.05, 4.69) is 15.2 Å². The Hall–Kier alpha value is -4.57. The largest absolute Gasteiger partial charge is 0.480 e. The van der Waals surface area contributed by atoms with Gasteiger partial charge in [0.15, 0.2) is 0 Å². The minimum absolute atomic E-state index is 0.219. The van der Waals surface area contributed by atoms with E-state index in [-0.39, 0.29) is 12.8 Å². The normalized spacial score (nSPS) is 17.8. The Morgan fingerprint density at radius 2 is 1.62 bits per heavy atom. The lowest BCUT2D eigenvalue weighted by Crippen LogP contribution is -2.61. The summed E-state index contributed by atoms with van der Waals surface area (Å²) in [5, 5.41) is 11.7. The first-order valence-electron chi connectivity index (χ1n) is 13.2. The van der Waals surface area contributed by atoms with Crippen LogP contribution in [0.2, 0.25) is 0 Å². The summed E-state index contributed by atoms with van der Waals surface area (Å²) in [5.74, 6) is -1.73. The molecule has 1 spiro atoms. The predicted molar refractivity (Wildman–Crippen MR) is 148 cm³/mol. The standard InChI is InChI=1S/C30H31N5O5/c1-20-7-6-16-31-25(20)19-33-17-14-30(15-18-33)27(38)34(29(40)35(30)28(39)32-21(2)26(36)37)24-12-10-23(11-13-24)22-8-4-3-5-9-22/h3-13,16,21H,14-15,17-19H2,1-2H3,(H,32,39)(H,36,37)/t21-/m0/s1. The summed E-state index contributed by atoms with van der Waals surface area (Å²) in [6.07, 6.45) is 2.18. The molecule has 2 fully saturated rings. The number of carboxylic acids is 1. The molecule has 3 heterocycles. The molecule has 2 aliphatic heterocycles. The lowest BCUT2D eigenvalue weighted by molar-refractivity contribution is -0.138. The van der Waals surface area contributed by atoms with Crippen LogP contribution in [0.3, 0.4) is 0 Å². The summed E-state index contributed by atoms with van der Waals surface area (Å²) in [7, 11) is 0. The molecule has 3 aromatic rings. The highest BCUT2D eigenvalue weighted by Gasteiger charge is 2.61. The van der Waals surface area contributed by atoms with E-state index >= 15 is 0 Å². The van der Waals surface area contributed by atoms with Crippen molar-refractivity contribution < 1.29 is 24.3 Å². The number of hydrogen-bond donors (Lipinski definition) is 2. The van der Waals surface area contributed by atoms with Gasteiger partial charge in [0.1, 0.15) is 11.6 Å². The molecule has 0 saturated carbocycles. The number of pyridine rings is 1. The number of imide groups is 2. The summed E-state index contributed by atoms with van der Waals surface area (Å²) in [5.41, 5.74) is 2.82. The highest BCUT2D eigenvalue weighted by Crippen LogP contribution is 2.40. The van der Waals surface area contributed by atoms with E-state index in [9.17, 15) is 24.3 Å². The van der Waals surface area contributed by atoms with Gasteiger partial charge in [-0.25, -0.2) is 19.4 Å². The van der Waals surface area contributed by atoms with Crippen molar-refractivity contribution in [2.45, 2.75) is 44.8 Å². The second-order valence-corrected chi connectivity index (χ2v) is 10.3. The van der Waals surface area contributed by atoms with Crippen molar-refractivity contribution in [3.05, 3.63) is 84.2 Å². The minimum atomic E-state index is -1.42. The van der Waals surface area contributed by atoms with Crippen LogP contribution >= 0.6 is 0 Å². The van der Waals surface area contributed by atoms with Gasteiger partial charge in [-0.15, -0.1) is 0 Å². The third-order valence-electron chi connectivity index (χ3n) is 7.73. The van der Waals surface area contributed by atoms with Crippen molar-refractivity contribution >= 4 is 29.6 Å². The molecule has 10 nitrogen and oxygen atoms in total. The molecule has 1 atom stereocenters. The van der Waals surface area contributed by atoms with Gasteiger partial charge in [0.05, 0.1) is 11.4 Å². The third-order valence-corrected chi connectivity index (χ3v) is 7.73. The molecule has 40 heavy (non-hydrogen) atoms. The van der Waals surface area contributed by atoms with E-state index in [1.54, 1.807) is 18.3 Å². The van der Waals surface area contributed by atoms with E-state index < -0.39 is 35.5 Å². The zero-order valence-corrected chi connectivity index (χ0v) is 22.4. The van der Waals surface area contributed by atoms with Crippen LogP contribution in [0.25, 0.3) is 11.1 Å². The Kier molecular flexibility index (Phi) is 7.36. The Labute approximate surface area is 232 Å². The van der Waals surface area contributed by atoms with E-state index in [1.165, 1.54) is 6.92 Å². The van der Waals surface area contributed by atoms with Crippen LogP contribution in [0, 0.1) is 6.92 Å². The lowest BCUT2D eigenvalue weighted by Gasteiger charge is -2.41. The number of aliphatic carboxylic acids is 1. The second kappa shape index (κ2) is 10.9. The average molecular weight is 542 g/mol. The van der Waals surface area contributed by atoms with Gasteiger partial charge < -0.3 is 10.4 Å². The molecule has 2 N–H and O–H groups in total. The smallest absolute Gasteiger partial charge is 0.340 e. The van der Waals surface area contributed by atoms with Gasteiger partial charge in [-0.2, -0.15) is 0 Å². The van der Waals surface area contributed by atoms with Crippen molar-refractivity contribution in [2.24, 2.45) is 0 Å². The molecule has 10 heteroatoms. The maximum Gasteiger partial charge on any atom is 0.340 e. The van der Waals surface area contributed by atoms with Crippen LogP contribution in [0.15, 0.2) is 72.9 Å². The molecular formula is C30H31N5O5. The number of anilines is 1.